The van der Waals surface area contributed by atoms with Crippen molar-refractivity contribution < 1.29 is 9.47 Å². The van der Waals surface area contributed by atoms with E-state index in [2.05, 4.69) is 62.6 Å². The quantitative estimate of drug-likeness (QED) is 0.582. The van der Waals surface area contributed by atoms with Crippen LogP contribution in [0.15, 0.2) is 48.5 Å². The number of hydrogen-bond donors (Lipinski definition) is 0. The molecule has 8 nitrogen and oxygen atoms in total. The highest BCUT2D eigenvalue weighted by Gasteiger charge is 2.29. The molecule has 1 aromatic heterocycles. The van der Waals surface area contributed by atoms with Gasteiger partial charge in [0.2, 0.25) is 6.79 Å². The van der Waals surface area contributed by atoms with Gasteiger partial charge in [0.05, 0.1) is 12.6 Å². The van der Waals surface area contributed by atoms with Gasteiger partial charge in [0.25, 0.3) is 0 Å². The minimum absolute atomic E-state index is 0.215. The van der Waals surface area contributed by atoms with Gasteiger partial charge < -0.3 is 14.4 Å². The van der Waals surface area contributed by atoms with Crippen LogP contribution in [0.2, 0.25) is 0 Å². The van der Waals surface area contributed by atoms with E-state index in [9.17, 15) is 0 Å². The Morgan fingerprint density at radius 1 is 0.968 bits per heavy atom. The zero-order valence-electron chi connectivity index (χ0n) is 17.9. The van der Waals surface area contributed by atoms with Gasteiger partial charge in [-0.15, -0.1) is 5.10 Å². The van der Waals surface area contributed by atoms with Crippen molar-refractivity contribution in [3.8, 4) is 11.5 Å². The number of rotatable bonds is 7. The van der Waals surface area contributed by atoms with Crippen LogP contribution in [0.1, 0.15) is 37.2 Å². The minimum atomic E-state index is 0.215. The predicted molar refractivity (Wildman–Crippen MR) is 117 cm³/mol. The highest BCUT2D eigenvalue weighted by Crippen LogP contribution is 2.33. The monoisotopic (exact) mass is 420 g/mol. The summed E-state index contributed by atoms with van der Waals surface area (Å²) in [7, 11) is 0. The van der Waals surface area contributed by atoms with Gasteiger partial charge >= 0.3 is 0 Å². The average molecular weight is 421 g/mol. The third-order valence-electron chi connectivity index (χ3n) is 6.07. The van der Waals surface area contributed by atoms with Crippen molar-refractivity contribution in [3.05, 3.63) is 59.9 Å². The molecule has 0 unspecified atom stereocenters. The molecule has 31 heavy (non-hydrogen) atoms. The molecular weight excluding hydrogens is 392 g/mol. The van der Waals surface area contributed by atoms with E-state index in [1.54, 1.807) is 0 Å². The Morgan fingerprint density at radius 2 is 1.77 bits per heavy atom. The van der Waals surface area contributed by atoms with Gasteiger partial charge in [-0.05, 0) is 46.7 Å². The zero-order valence-corrected chi connectivity index (χ0v) is 17.9. The Hall–Kier alpha value is -3.13. The summed E-state index contributed by atoms with van der Waals surface area (Å²) < 4.78 is 12.9. The first-order valence-corrected chi connectivity index (χ1v) is 11.0. The molecule has 1 saturated heterocycles. The van der Waals surface area contributed by atoms with E-state index in [-0.39, 0.29) is 12.8 Å². The molecule has 0 radical (unpaired) electrons. The van der Waals surface area contributed by atoms with Gasteiger partial charge in [-0.2, -0.15) is 0 Å². The first kappa shape index (κ1) is 19.8. The van der Waals surface area contributed by atoms with E-state index in [1.165, 1.54) is 5.69 Å². The Morgan fingerprint density at radius 3 is 2.58 bits per heavy atom. The van der Waals surface area contributed by atoms with E-state index < -0.39 is 0 Å². The van der Waals surface area contributed by atoms with Crippen LogP contribution < -0.4 is 14.4 Å². The molecule has 3 heterocycles. The smallest absolute Gasteiger partial charge is 0.231 e. The summed E-state index contributed by atoms with van der Waals surface area (Å²) in [4.78, 5) is 4.99. The lowest BCUT2D eigenvalue weighted by Gasteiger charge is -2.39. The largest absolute Gasteiger partial charge is 0.454 e. The van der Waals surface area contributed by atoms with Gasteiger partial charge in [0.15, 0.2) is 17.3 Å². The maximum atomic E-state index is 5.52. The molecule has 162 valence electrons. The molecule has 1 atom stereocenters. The number of para-hydroxylation sites is 1. The minimum Gasteiger partial charge on any atom is -0.454 e. The Balaban J connectivity index is 1.31. The molecular formula is C23H28N6O2. The third-order valence-corrected chi connectivity index (χ3v) is 6.07. The second kappa shape index (κ2) is 8.93. The normalized spacial score (nSPS) is 17.1. The maximum Gasteiger partial charge on any atom is 0.231 e. The molecule has 0 bridgehead atoms. The Labute approximate surface area is 182 Å². The van der Waals surface area contributed by atoms with E-state index in [4.69, 9.17) is 9.47 Å². The summed E-state index contributed by atoms with van der Waals surface area (Å²) in [6, 6.07) is 16.9. The fourth-order valence-corrected chi connectivity index (χ4v) is 4.45. The molecule has 1 fully saturated rings. The van der Waals surface area contributed by atoms with Gasteiger partial charge in [0.1, 0.15) is 0 Å². The van der Waals surface area contributed by atoms with E-state index in [0.29, 0.717) is 6.54 Å². The Bertz CT molecular complexity index is 1000. The van der Waals surface area contributed by atoms with Crippen LogP contribution in [0, 0.1) is 0 Å². The molecule has 0 spiro atoms. The van der Waals surface area contributed by atoms with Crippen molar-refractivity contribution in [2.75, 3.05) is 37.9 Å². The number of anilines is 1. The number of aromatic nitrogens is 4. The summed E-state index contributed by atoms with van der Waals surface area (Å²) in [5.41, 5.74) is 2.39. The summed E-state index contributed by atoms with van der Waals surface area (Å²) in [5.74, 6) is 2.52. The molecule has 2 aliphatic rings. The molecule has 0 saturated carbocycles. The molecule has 0 aliphatic carbocycles. The lowest BCUT2D eigenvalue weighted by atomic mass is 10.1. The number of piperazine rings is 1. The maximum absolute atomic E-state index is 5.52. The van der Waals surface area contributed by atoms with Crippen molar-refractivity contribution >= 4 is 5.69 Å². The summed E-state index contributed by atoms with van der Waals surface area (Å²) in [6.07, 6.45) is 2.12. The van der Waals surface area contributed by atoms with E-state index in [1.807, 2.05) is 22.9 Å². The fourth-order valence-electron chi connectivity index (χ4n) is 4.45. The molecule has 3 aromatic rings. The van der Waals surface area contributed by atoms with E-state index in [0.717, 1.165) is 61.9 Å². The standard InChI is InChI=1S/C23H28N6O2/c1-2-6-20(28-13-11-27(12-14-28)19-7-4-3-5-8-19)23-24-25-26-29(23)16-18-9-10-21-22(15-18)31-17-30-21/h3-5,7-10,15,20H,2,6,11-14,16-17H2,1H3/t20-/m1/s1. The molecule has 2 aromatic carbocycles. The molecule has 0 N–H and O–H groups in total. The first-order valence-electron chi connectivity index (χ1n) is 11.0. The van der Waals surface area contributed by atoms with Crippen molar-refractivity contribution in [1.29, 1.82) is 0 Å². The molecule has 5 rings (SSSR count). The summed E-state index contributed by atoms with van der Waals surface area (Å²) >= 11 is 0. The topological polar surface area (TPSA) is 68.5 Å². The summed E-state index contributed by atoms with van der Waals surface area (Å²) in [5, 5.41) is 12.8. The van der Waals surface area contributed by atoms with Crippen LogP contribution in [-0.2, 0) is 6.54 Å². The first-order chi connectivity index (χ1) is 15.3. The van der Waals surface area contributed by atoms with Crippen LogP contribution >= 0.6 is 0 Å². The molecule has 0 amide bonds. The predicted octanol–water partition coefficient (Wildman–Crippen LogP) is 3.11. The number of fused-ring (bicyclic) bond motifs is 1. The van der Waals surface area contributed by atoms with Crippen LogP contribution in [0.5, 0.6) is 11.5 Å². The van der Waals surface area contributed by atoms with Crippen molar-refractivity contribution in [3.63, 3.8) is 0 Å². The summed E-state index contributed by atoms with van der Waals surface area (Å²) in [6.45, 7) is 7.12. The van der Waals surface area contributed by atoms with E-state index >= 15 is 0 Å². The highest BCUT2D eigenvalue weighted by molar-refractivity contribution is 5.46. The zero-order chi connectivity index (χ0) is 21.0. The SMILES string of the molecule is CCC[C@H](c1nnnn1Cc1ccc2c(c1)OCO2)N1CCN(c2ccccc2)CC1. The van der Waals surface area contributed by atoms with Crippen molar-refractivity contribution in [2.45, 2.75) is 32.4 Å². The molecule has 8 heteroatoms. The van der Waals surface area contributed by atoms with Crippen LogP contribution in [0.3, 0.4) is 0 Å². The second-order valence-electron chi connectivity index (χ2n) is 8.05. The lowest BCUT2D eigenvalue weighted by molar-refractivity contribution is 0.164. The van der Waals surface area contributed by atoms with Crippen LogP contribution in [0.4, 0.5) is 5.69 Å². The lowest BCUT2D eigenvalue weighted by Crippen LogP contribution is -2.48. The average Bonchev–Trinajstić information content (AvgIpc) is 3.47. The number of tetrazole rings is 1. The van der Waals surface area contributed by atoms with Gasteiger partial charge in [-0.3, -0.25) is 4.90 Å². The number of benzene rings is 2. The molecule has 2 aliphatic heterocycles. The number of hydrogen-bond acceptors (Lipinski definition) is 7. The fraction of sp³-hybridized carbons (Fsp3) is 0.435. The van der Waals surface area contributed by atoms with Gasteiger partial charge in [0, 0.05) is 31.9 Å². The Kier molecular flexibility index (Phi) is 5.71. The second-order valence-corrected chi connectivity index (χ2v) is 8.05. The van der Waals surface area contributed by atoms with Gasteiger partial charge in [-0.25, -0.2) is 4.68 Å². The van der Waals surface area contributed by atoms with Gasteiger partial charge in [-0.1, -0.05) is 37.6 Å². The van der Waals surface area contributed by atoms with Crippen molar-refractivity contribution in [2.24, 2.45) is 0 Å². The highest BCUT2D eigenvalue weighted by atomic mass is 16.7. The number of ether oxygens (including phenoxy) is 2. The van der Waals surface area contributed by atoms with Crippen LogP contribution in [-0.4, -0.2) is 58.1 Å². The number of nitrogens with zero attached hydrogens (tertiary/aromatic N) is 6. The van der Waals surface area contributed by atoms with Crippen molar-refractivity contribution in [1.82, 2.24) is 25.1 Å². The van der Waals surface area contributed by atoms with Crippen LogP contribution in [0.25, 0.3) is 0 Å². The third kappa shape index (κ3) is 4.20.